The van der Waals surface area contributed by atoms with Gasteiger partial charge in [-0.15, -0.1) is 0 Å². The Hall–Kier alpha value is -2.76. The molecule has 24 heavy (non-hydrogen) atoms. The zero-order valence-electron chi connectivity index (χ0n) is 13.8. The summed E-state index contributed by atoms with van der Waals surface area (Å²) in [6.07, 6.45) is 3.27. The van der Waals surface area contributed by atoms with Gasteiger partial charge in [0, 0.05) is 6.20 Å². The first-order valence-electron chi connectivity index (χ1n) is 8.00. The molecule has 1 aromatic heterocycles. The summed E-state index contributed by atoms with van der Waals surface area (Å²) in [5, 5.41) is 5.80. The van der Waals surface area contributed by atoms with Crippen LogP contribution >= 0.6 is 0 Å². The van der Waals surface area contributed by atoms with Crippen LogP contribution in [-0.4, -0.2) is 24.2 Å². The number of rotatable bonds is 4. The summed E-state index contributed by atoms with van der Waals surface area (Å²) in [5.41, 5.74) is 1.63. The molecule has 1 aliphatic rings. The number of pyridine rings is 1. The fourth-order valence-corrected chi connectivity index (χ4v) is 2.63. The quantitative estimate of drug-likeness (QED) is 0.903. The van der Waals surface area contributed by atoms with Crippen molar-refractivity contribution in [3.05, 3.63) is 48.3 Å². The Morgan fingerprint density at radius 2 is 1.96 bits per heavy atom. The molecule has 0 spiro atoms. The monoisotopic (exact) mass is 327 g/mol. The minimum Gasteiger partial charge on any atom is -0.486 e. The summed E-state index contributed by atoms with van der Waals surface area (Å²) in [6, 6.07) is 8.94. The van der Waals surface area contributed by atoms with Crippen LogP contribution in [0.5, 0.6) is 11.5 Å². The van der Waals surface area contributed by atoms with Crippen LogP contribution in [0.25, 0.3) is 0 Å². The lowest BCUT2D eigenvalue weighted by atomic mass is 9.95. The molecular formula is C18H21N3O3. The van der Waals surface area contributed by atoms with Crippen molar-refractivity contribution >= 4 is 11.7 Å². The predicted molar refractivity (Wildman–Crippen MR) is 91.4 cm³/mol. The first kappa shape index (κ1) is 16.1. The van der Waals surface area contributed by atoms with Crippen molar-refractivity contribution in [2.24, 2.45) is 5.92 Å². The molecule has 1 aromatic carbocycles. The van der Waals surface area contributed by atoms with Crippen LogP contribution in [0.1, 0.15) is 25.5 Å². The Balaban J connectivity index is 1.74. The summed E-state index contributed by atoms with van der Waals surface area (Å²) < 4.78 is 11.2. The van der Waals surface area contributed by atoms with Gasteiger partial charge in [0.2, 0.25) is 0 Å². The van der Waals surface area contributed by atoms with E-state index >= 15 is 0 Å². The molecule has 0 unspecified atom stereocenters. The summed E-state index contributed by atoms with van der Waals surface area (Å²) in [7, 11) is 0. The molecule has 0 saturated carbocycles. The van der Waals surface area contributed by atoms with Gasteiger partial charge in [0.15, 0.2) is 11.5 Å². The van der Waals surface area contributed by atoms with E-state index in [1.54, 1.807) is 24.5 Å². The molecule has 3 rings (SSSR count). The number of aromatic nitrogens is 1. The minimum absolute atomic E-state index is 0.141. The molecule has 0 aliphatic carbocycles. The van der Waals surface area contributed by atoms with Crippen molar-refractivity contribution in [1.82, 2.24) is 10.3 Å². The zero-order chi connectivity index (χ0) is 16.9. The summed E-state index contributed by atoms with van der Waals surface area (Å²) in [5.74, 6) is 1.68. The third-order valence-corrected chi connectivity index (χ3v) is 3.80. The molecule has 6 nitrogen and oxygen atoms in total. The molecule has 2 aromatic rings. The largest absolute Gasteiger partial charge is 0.486 e. The van der Waals surface area contributed by atoms with E-state index in [0.717, 1.165) is 17.1 Å². The van der Waals surface area contributed by atoms with E-state index < -0.39 is 0 Å². The molecule has 1 aliphatic heterocycles. The van der Waals surface area contributed by atoms with Gasteiger partial charge in [0.1, 0.15) is 13.2 Å². The van der Waals surface area contributed by atoms with Crippen molar-refractivity contribution in [2.75, 3.05) is 18.5 Å². The fourth-order valence-electron chi connectivity index (χ4n) is 2.63. The molecule has 0 radical (unpaired) electrons. The van der Waals surface area contributed by atoms with Crippen molar-refractivity contribution in [1.29, 1.82) is 0 Å². The molecule has 0 fully saturated rings. The SMILES string of the molecule is CC(C)[C@H](NC(=O)Nc1cccnc1)c1ccc2c(c1)OCCO2. The average molecular weight is 327 g/mol. The Kier molecular flexibility index (Phi) is 4.84. The average Bonchev–Trinajstić information content (AvgIpc) is 2.60. The Morgan fingerprint density at radius 3 is 2.67 bits per heavy atom. The van der Waals surface area contributed by atoms with Gasteiger partial charge in [0.25, 0.3) is 0 Å². The van der Waals surface area contributed by atoms with Crippen LogP contribution in [-0.2, 0) is 0 Å². The third kappa shape index (κ3) is 3.76. The van der Waals surface area contributed by atoms with Crippen LogP contribution in [0.4, 0.5) is 10.5 Å². The highest BCUT2D eigenvalue weighted by molar-refractivity contribution is 5.89. The Morgan fingerprint density at radius 1 is 1.17 bits per heavy atom. The first-order valence-corrected chi connectivity index (χ1v) is 8.00. The lowest BCUT2D eigenvalue weighted by molar-refractivity contribution is 0.171. The lowest BCUT2D eigenvalue weighted by Crippen LogP contribution is -2.35. The number of amides is 2. The van der Waals surface area contributed by atoms with Gasteiger partial charge in [0.05, 0.1) is 17.9 Å². The molecule has 2 amide bonds. The maximum Gasteiger partial charge on any atom is 0.319 e. The number of nitrogens with one attached hydrogen (secondary N) is 2. The van der Waals surface area contributed by atoms with E-state index in [1.165, 1.54) is 0 Å². The molecule has 126 valence electrons. The maximum atomic E-state index is 12.3. The molecular weight excluding hydrogens is 306 g/mol. The second-order valence-electron chi connectivity index (χ2n) is 5.96. The number of hydrogen-bond donors (Lipinski definition) is 2. The zero-order valence-corrected chi connectivity index (χ0v) is 13.8. The molecule has 2 N–H and O–H groups in total. The summed E-state index contributed by atoms with van der Waals surface area (Å²) in [6.45, 7) is 5.22. The Bertz CT molecular complexity index is 704. The van der Waals surface area contributed by atoms with Gasteiger partial charge >= 0.3 is 6.03 Å². The molecule has 0 saturated heterocycles. The number of carbonyl (C=O) groups is 1. The summed E-state index contributed by atoms with van der Waals surface area (Å²) in [4.78, 5) is 16.3. The number of hydrogen-bond acceptors (Lipinski definition) is 4. The van der Waals surface area contributed by atoms with Gasteiger partial charge in [-0.1, -0.05) is 19.9 Å². The predicted octanol–water partition coefficient (Wildman–Crippen LogP) is 3.37. The molecule has 1 atom stereocenters. The van der Waals surface area contributed by atoms with Crippen LogP contribution < -0.4 is 20.1 Å². The standard InChI is InChI=1S/C18H21N3O3/c1-12(2)17(21-18(22)20-14-4-3-7-19-11-14)13-5-6-15-16(10-13)24-9-8-23-15/h3-7,10-12,17H,8-9H2,1-2H3,(H2,20,21,22)/t17-/m0/s1. The minimum atomic E-state index is -0.267. The highest BCUT2D eigenvalue weighted by atomic mass is 16.6. The Labute approximate surface area is 141 Å². The van der Waals surface area contributed by atoms with E-state index in [2.05, 4.69) is 29.5 Å². The van der Waals surface area contributed by atoms with Crippen molar-refractivity contribution in [2.45, 2.75) is 19.9 Å². The number of nitrogens with zero attached hydrogens (tertiary/aromatic N) is 1. The van der Waals surface area contributed by atoms with Gasteiger partial charge in [-0.25, -0.2) is 4.79 Å². The second kappa shape index (κ2) is 7.21. The second-order valence-corrected chi connectivity index (χ2v) is 5.96. The maximum absolute atomic E-state index is 12.3. The number of benzene rings is 1. The molecule has 0 bridgehead atoms. The highest BCUT2D eigenvalue weighted by Gasteiger charge is 2.21. The smallest absolute Gasteiger partial charge is 0.319 e. The first-order chi connectivity index (χ1) is 11.6. The fraction of sp³-hybridized carbons (Fsp3) is 0.333. The number of carbonyl (C=O) groups excluding carboxylic acids is 1. The summed E-state index contributed by atoms with van der Waals surface area (Å²) >= 11 is 0. The highest BCUT2D eigenvalue weighted by Crippen LogP contribution is 2.34. The van der Waals surface area contributed by atoms with Gasteiger partial charge in [-0.2, -0.15) is 0 Å². The van der Waals surface area contributed by atoms with E-state index in [-0.39, 0.29) is 18.0 Å². The van der Waals surface area contributed by atoms with Gasteiger partial charge in [-0.3, -0.25) is 4.98 Å². The van der Waals surface area contributed by atoms with Gasteiger partial charge in [-0.05, 0) is 35.7 Å². The van der Waals surface area contributed by atoms with E-state index in [9.17, 15) is 4.79 Å². The van der Waals surface area contributed by atoms with Crippen molar-refractivity contribution < 1.29 is 14.3 Å². The molecule has 2 heterocycles. The van der Waals surface area contributed by atoms with E-state index in [4.69, 9.17) is 9.47 Å². The van der Waals surface area contributed by atoms with Crippen LogP contribution in [0.3, 0.4) is 0 Å². The number of fused-ring (bicyclic) bond motifs is 1. The van der Waals surface area contributed by atoms with Crippen LogP contribution in [0.15, 0.2) is 42.7 Å². The van der Waals surface area contributed by atoms with Crippen molar-refractivity contribution in [3.63, 3.8) is 0 Å². The van der Waals surface area contributed by atoms with Crippen molar-refractivity contribution in [3.8, 4) is 11.5 Å². The number of urea groups is 1. The third-order valence-electron chi connectivity index (χ3n) is 3.80. The molecule has 6 heteroatoms. The number of ether oxygens (including phenoxy) is 2. The lowest BCUT2D eigenvalue weighted by Gasteiger charge is -2.25. The van der Waals surface area contributed by atoms with Crippen LogP contribution in [0, 0.1) is 5.92 Å². The van der Waals surface area contributed by atoms with E-state index in [1.807, 2.05) is 18.2 Å². The van der Waals surface area contributed by atoms with E-state index in [0.29, 0.717) is 18.9 Å². The topological polar surface area (TPSA) is 72.5 Å². The van der Waals surface area contributed by atoms with Crippen LogP contribution in [0.2, 0.25) is 0 Å². The van der Waals surface area contributed by atoms with Gasteiger partial charge < -0.3 is 20.1 Å². The number of anilines is 1. The normalized spacial score (nSPS) is 14.1.